The van der Waals surface area contributed by atoms with E-state index >= 15 is 0 Å². The first-order chi connectivity index (χ1) is 8.74. The van der Waals surface area contributed by atoms with Gasteiger partial charge < -0.3 is 15.8 Å². The van der Waals surface area contributed by atoms with E-state index in [1.165, 1.54) is 0 Å². The molecule has 1 aliphatic rings. The number of benzene rings is 1. The molecule has 0 saturated heterocycles. The molecule has 1 amide bonds. The lowest BCUT2D eigenvalue weighted by molar-refractivity contribution is 0.132. The first-order valence-electron chi connectivity index (χ1n) is 6.47. The third kappa shape index (κ3) is 5.49. The Morgan fingerprint density at radius 2 is 2.05 bits per heavy atom. The van der Waals surface area contributed by atoms with Crippen molar-refractivity contribution in [1.29, 1.82) is 0 Å². The predicted molar refractivity (Wildman–Crippen MR) is 77.2 cm³/mol. The van der Waals surface area contributed by atoms with Crippen molar-refractivity contribution in [3.8, 4) is 0 Å². The molecule has 19 heavy (non-hydrogen) atoms. The van der Waals surface area contributed by atoms with Gasteiger partial charge in [0.15, 0.2) is 0 Å². The molecule has 2 rings (SSSR count). The molecule has 1 aliphatic carbocycles. The maximum absolute atomic E-state index is 11.6. The van der Waals surface area contributed by atoms with Gasteiger partial charge in [0.25, 0.3) is 0 Å². The lowest BCUT2D eigenvalue weighted by Gasteiger charge is -2.26. The molecule has 0 bridgehead atoms. The number of rotatable bonds is 3. The minimum absolute atomic E-state index is 0. The van der Waals surface area contributed by atoms with Crippen LogP contribution < -0.4 is 11.1 Å². The van der Waals surface area contributed by atoms with Crippen LogP contribution in [-0.4, -0.2) is 18.2 Å². The van der Waals surface area contributed by atoms with Crippen LogP contribution in [0.2, 0.25) is 0 Å². The summed E-state index contributed by atoms with van der Waals surface area (Å²) in [5.74, 6) is 0. The average Bonchev–Trinajstić information content (AvgIpc) is 2.38. The second-order valence-electron chi connectivity index (χ2n) is 4.83. The Balaban J connectivity index is 0.00000180. The summed E-state index contributed by atoms with van der Waals surface area (Å²) in [6.07, 6.45) is 3.62. The molecule has 106 valence electrons. The Labute approximate surface area is 120 Å². The number of carbonyl (C=O) groups is 1. The van der Waals surface area contributed by atoms with Gasteiger partial charge >= 0.3 is 6.09 Å². The number of amides is 1. The number of hydrogen-bond acceptors (Lipinski definition) is 3. The van der Waals surface area contributed by atoms with E-state index in [-0.39, 0.29) is 30.6 Å². The number of halogens is 1. The predicted octanol–water partition coefficient (Wildman–Crippen LogP) is 2.60. The van der Waals surface area contributed by atoms with E-state index in [1.807, 2.05) is 30.3 Å². The molecule has 1 aromatic carbocycles. The normalized spacial score (nSPS) is 22.2. The van der Waals surface area contributed by atoms with Crippen LogP contribution in [0.5, 0.6) is 0 Å². The number of carbonyl (C=O) groups excluding carboxylic acids is 1. The summed E-state index contributed by atoms with van der Waals surface area (Å²) in [4.78, 5) is 11.6. The molecule has 0 spiro atoms. The Kier molecular flexibility index (Phi) is 6.67. The van der Waals surface area contributed by atoms with Gasteiger partial charge in [0.1, 0.15) is 6.61 Å². The van der Waals surface area contributed by atoms with Crippen molar-refractivity contribution in [3.05, 3.63) is 35.9 Å². The number of ether oxygens (including phenoxy) is 1. The van der Waals surface area contributed by atoms with Gasteiger partial charge in [-0.25, -0.2) is 4.79 Å². The second kappa shape index (κ2) is 8.02. The Morgan fingerprint density at radius 3 is 2.74 bits per heavy atom. The molecular formula is C14H21ClN2O2. The molecule has 1 fully saturated rings. The minimum atomic E-state index is -0.349. The smallest absolute Gasteiger partial charge is 0.407 e. The van der Waals surface area contributed by atoms with E-state index < -0.39 is 0 Å². The van der Waals surface area contributed by atoms with E-state index in [2.05, 4.69) is 5.32 Å². The fourth-order valence-corrected chi connectivity index (χ4v) is 2.29. The average molecular weight is 285 g/mol. The molecule has 2 atom stereocenters. The quantitative estimate of drug-likeness (QED) is 0.897. The van der Waals surface area contributed by atoms with Crippen LogP contribution >= 0.6 is 12.4 Å². The van der Waals surface area contributed by atoms with E-state index in [0.29, 0.717) is 6.61 Å². The van der Waals surface area contributed by atoms with Crippen LogP contribution in [-0.2, 0) is 11.3 Å². The van der Waals surface area contributed by atoms with Crippen LogP contribution in [0.4, 0.5) is 4.79 Å². The molecule has 3 N–H and O–H groups in total. The largest absolute Gasteiger partial charge is 0.445 e. The van der Waals surface area contributed by atoms with Crippen LogP contribution in [0.1, 0.15) is 31.2 Å². The van der Waals surface area contributed by atoms with Crippen LogP contribution in [0.15, 0.2) is 30.3 Å². The maximum atomic E-state index is 11.6. The van der Waals surface area contributed by atoms with Gasteiger partial charge in [-0.1, -0.05) is 30.3 Å². The van der Waals surface area contributed by atoms with Crippen molar-refractivity contribution in [2.45, 2.75) is 44.4 Å². The summed E-state index contributed by atoms with van der Waals surface area (Å²) in [6, 6.07) is 10.0. The van der Waals surface area contributed by atoms with Crippen molar-refractivity contribution in [1.82, 2.24) is 5.32 Å². The first kappa shape index (κ1) is 15.8. The highest BCUT2D eigenvalue weighted by molar-refractivity contribution is 5.85. The van der Waals surface area contributed by atoms with Gasteiger partial charge in [0.05, 0.1) is 0 Å². The lowest BCUT2D eigenvalue weighted by atomic mass is 9.92. The maximum Gasteiger partial charge on any atom is 0.407 e. The van der Waals surface area contributed by atoms with Gasteiger partial charge in [-0.05, 0) is 31.2 Å². The van der Waals surface area contributed by atoms with Crippen molar-refractivity contribution >= 4 is 18.5 Å². The van der Waals surface area contributed by atoms with Crippen molar-refractivity contribution in [2.24, 2.45) is 5.73 Å². The zero-order valence-electron chi connectivity index (χ0n) is 10.9. The van der Waals surface area contributed by atoms with E-state index in [0.717, 1.165) is 31.2 Å². The van der Waals surface area contributed by atoms with E-state index in [1.54, 1.807) is 0 Å². The van der Waals surface area contributed by atoms with Crippen molar-refractivity contribution in [3.63, 3.8) is 0 Å². The number of nitrogens with two attached hydrogens (primary N) is 1. The van der Waals surface area contributed by atoms with Gasteiger partial charge in [-0.15, -0.1) is 12.4 Å². The fraction of sp³-hybridized carbons (Fsp3) is 0.500. The molecule has 2 unspecified atom stereocenters. The second-order valence-corrected chi connectivity index (χ2v) is 4.83. The van der Waals surface area contributed by atoms with Gasteiger partial charge in [-0.2, -0.15) is 0 Å². The molecule has 1 aromatic rings. The van der Waals surface area contributed by atoms with Crippen LogP contribution in [0.3, 0.4) is 0 Å². The Bertz CT molecular complexity index is 386. The minimum Gasteiger partial charge on any atom is -0.445 e. The van der Waals surface area contributed by atoms with Gasteiger partial charge in [0, 0.05) is 12.1 Å². The first-order valence-corrected chi connectivity index (χ1v) is 6.47. The number of hydrogen-bond donors (Lipinski definition) is 2. The monoisotopic (exact) mass is 284 g/mol. The molecule has 4 nitrogen and oxygen atoms in total. The van der Waals surface area contributed by atoms with E-state index in [4.69, 9.17) is 10.5 Å². The zero-order chi connectivity index (χ0) is 12.8. The molecule has 5 heteroatoms. The zero-order valence-corrected chi connectivity index (χ0v) is 11.7. The summed E-state index contributed by atoms with van der Waals surface area (Å²) in [5.41, 5.74) is 6.87. The fourth-order valence-electron chi connectivity index (χ4n) is 2.29. The van der Waals surface area contributed by atoms with Gasteiger partial charge in [-0.3, -0.25) is 0 Å². The molecule has 0 aliphatic heterocycles. The Morgan fingerprint density at radius 1 is 1.32 bits per heavy atom. The summed E-state index contributed by atoms with van der Waals surface area (Å²) in [5, 5.41) is 2.88. The summed E-state index contributed by atoms with van der Waals surface area (Å²) in [7, 11) is 0. The topological polar surface area (TPSA) is 64.3 Å². The van der Waals surface area contributed by atoms with Crippen LogP contribution in [0.25, 0.3) is 0 Å². The summed E-state index contributed by atoms with van der Waals surface area (Å²) < 4.78 is 5.18. The highest BCUT2D eigenvalue weighted by Gasteiger charge is 2.21. The summed E-state index contributed by atoms with van der Waals surface area (Å²) in [6.45, 7) is 0.311. The van der Waals surface area contributed by atoms with Crippen LogP contribution in [0, 0.1) is 0 Å². The highest BCUT2D eigenvalue weighted by atomic mass is 35.5. The van der Waals surface area contributed by atoms with E-state index in [9.17, 15) is 4.79 Å². The molecule has 1 saturated carbocycles. The SMILES string of the molecule is Cl.NC1CCCC(NC(=O)OCc2ccccc2)C1. The Hall–Kier alpha value is -1.26. The molecular weight excluding hydrogens is 264 g/mol. The highest BCUT2D eigenvalue weighted by Crippen LogP contribution is 2.17. The summed E-state index contributed by atoms with van der Waals surface area (Å²) >= 11 is 0. The van der Waals surface area contributed by atoms with Gasteiger partial charge in [0.2, 0.25) is 0 Å². The number of nitrogens with one attached hydrogen (secondary N) is 1. The lowest BCUT2D eigenvalue weighted by Crippen LogP contribution is -2.42. The molecule has 0 radical (unpaired) electrons. The van der Waals surface area contributed by atoms with Crippen molar-refractivity contribution in [2.75, 3.05) is 0 Å². The molecule has 0 heterocycles. The third-order valence-electron chi connectivity index (χ3n) is 3.25. The molecule has 0 aromatic heterocycles. The standard InChI is InChI=1S/C14H20N2O2.ClH/c15-12-7-4-8-13(9-12)16-14(17)18-10-11-5-2-1-3-6-11;/h1-3,5-6,12-13H,4,7-10,15H2,(H,16,17);1H. The van der Waals surface area contributed by atoms with Crippen molar-refractivity contribution < 1.29 is 9.53 Å². The number of alkyl carbamates (subject to hydrolysis) is 1. The third-order valence-corrected chi connectivity index (χ3v) is 3.25.